The summed E-state index contributed by atoms with van der Waals surface area (Å²) in [7, 11) is 0. The SMILES string of the molecule is N#Cc1nc(-c2ccccc2[N+](=O)[O-])oc1NCC(c1ccccc1)N1CCCCC1. The van der Waals surface area contributed by atoms with Gasteiger partial charge in [-0.25, -0.2) is 0 Å². The molecule has 1 aliphatic rings. The third kappa shape index (κ3) is 4.57. The Labute approximate surface area is 180 Å². The Hall–Kier alpha value is -3.70. The zero-order chi connectivity index (χ0) is 21.6. The van der Waals surface area contributed by atoms with E-state index in [4.69, 9.17) is 4.42 Å². The van der Waals surface area contributed by atoms with Gasteiger partial charge in [0.15, 0.2) is 0 Å². The second-order valence-corrected chi connectivity index (χ2v) is 7.49. The molecule has 0 saturated carbocycles. The fourth-order valence-electron chi connectivity index (χ4n) is 4.00. The van der Waals surface area contributed by atoms with Crippen molar-refractivity contribution < 1.29 is 9.34 Å². The molecular formula is C23H23N5O3. The molecule has 0 amide bonds. The number of anilines is 1. The summed E-state index contributed by atoms with van der Waals surface area (Å²) < 4.78 is 5.79. The number of piperidine rings is 1. The van der Waals surface area contributed by atoms with E-state index in [1.807, 2.05) is 24.3 Å². The molecule has 2 aromatic carbocycles. The second-order valence-electron chi connectivity index (χ2n) is 7.49. The zero-order valence-corrected chi connectivity index (χ0v) is 17.0. The minimum atomic E-state index is -0.486. The van der Waals surface area contributed by atoms with Crippen molar-refractivity contribution in [2.75, 3.05) is 25.0 Å². The number of para-hydroxylation sites is 1. The van der Waals surface area contributed by atoms with Crippen LogP contribution in [0, 0.1) is 21.4 Å². The van der Waals surface area contributed by atoms with Gasteiger partial charge in [0.1, 0.15) is 11.6 Å². The molecule has 3 aromatic rings. The number of nitriles is 1. The first kappa shape index (κ1) is 20.6. The van der Waals surface area contributed by atoms with Gasteiger partial charge in [0.2, 0.25) is 17.5 Å². The fourth-order valence-corrected chi connectivity index (χ4v) is 4.00. The summed E-state index contributed by atoms with van der Waals surface area (Å²) in [6.45, 7) is 2.57. The maximum Gasteiger partial charge on any atom is 0.282 e. The third-order valence-corrected chi connectivity index (χ3v) is 5.54. The number of nitrogens with one attached hydrogen (secondary N) is 1. The van der Waals surface area contributed by atoms with Crippen LogP contribution < -0.4 is 5.32 Å². The van der Waals surface area contributed by atoms with Gasteiger partial charge in [0, 0.05) is 12.6 Å². The van der Waals surface area contributed by atoms with Crippen molar-refractivity contribution in [3.63, 3.8) is 0 Å². The predicted octanol–water partition coefficient (Wildman–Crippen LogP) is 4.76. The summed E-state index contributed by atoms with van der Waals surface area (Å²) in [5, 5.41) is 24.1. The van der Waals surface area contributed by atoms with E-state index in [1.165, 1.54) is 18.1 Å². The van der Waals surface area contributed by atoms with Crippen LogP contribution in [0.1, 0.15) is 36.6 Å². The second kappa shape index (κ2) is 9.41. The molecule has 2 heterocycles. The van der Waals surface area contributed by atoms with Crippen LogP contribution in [0.25, 0.3) is 11.5 Å². The van der Waals surface area contributed by atoms with Crippen molar-refractivity contribution in [3.8, 4) is 17.5 Å². The van der Waals surface area contributed by atoms with Crippen molar-refractivity contribution in [2.24, 2.45) is 0 Å². The predicted molar refractivity (Wildman–Crippen MR) is 116 cm³/mol. The summed E-state index contributed by atoms with van der Waals surface area (Å²) in [5.74, 6) is 0.286. The average molecular weight is 417 g/mol. The number of aromatic nitrogens is 1. The van der Waals surface area contributed by atoms with E-state index in [0.29, 0.717) is 6.54 Å². The molecule has 158 valence electrons. The summed E-state index contributed by atoms with van der Waals surface area (Å²) in [6, 6.07) is 18.6. The number of nitrogens with zero attached hydrogens (tertiary/aromatic N) is 4. The molecule has 8 nitrogen and oxygen atoms in total. The van der Waals surface area contributed by atoms with Crippen LogP contribution in [0.15, 0.2) is 59.0 Å². The van der Waals surface area contributed by atoms with Crippen LogP contribution in [-0.4, -0.2) is 34.4 Å². The Bertz CT molecular complexity index is 1080. The molecule has 1 aromatic heterocycles. The lowest BCUT2D eigenvalue weighted by Crippen LogP contribution is -2.37. The molecule has 4 rings (SSSR count). The van der Waals surface area contributed by atoms with Gasteiger partial charge >= 0.3 is 0 Å². The van der Waals surface area contributed by atoms with E-state index in [-0.39, 0.29) is 34.8 Å². The Morgan fingerprint density at radius 1 is 1.13 bits per heavy atom. The molecule has 1 unspecified atom stereocenters. The Balaban J connectivity index is 1.60. The van der Waals surface area contributed by atoms with Gasteiger partial charge in [0.25, 0.3) is 5.69 Å². The average Bonchev–Trinajstić information content (AvgIpc) is 3.24. The smallest absolute Gasteiger partial charge is 0.282 e. The van der Waals surface area contributed by atoms with Crippen molar-refractivity contribution in [2.45, 2.75) is 25.3 Å². The number of nitro groups is 1. The van der Waals surface area contributed by atoms with Crippen molar-refractivity contribution in [3.05, 3.63) is 76.0 Å². The molecule has 1 atom stereocenters. The Morgan fingerprint density at radius 2 is 1.84 bits per heavy atom. The number of benzene rings is 2. The molecule has 0 bridgehead atoms. The van der Waals surface area contributed by atoms with Crippen LogP contribution in [0.3, 0.4) is 0 Å². The first-order valence-electron chi connectivity index (χ1n) is 10.3. The summed E-state index contributed by atoms with van der Waals surface area (Å²) in [6.07, 6.45) is 3.57. The van der Waals surface area contributed by atoms with Crippen LogP contribution in [-0.2, 0) is 0 Å². The highest BCUT2D eigenvalue weighted by molar-refractivity contribution is 5.68. The van der Waals surface area contributed by atoms with Gasteiger partial charge in [-0.1, -0.05) is 48.9 Å². The molecule has 1 fully saturated rings. The Kier molecular flexibility index (Phi) is 6.24. The molecule has 0 spiro atoms. The van der Waals surface area contributed by atoms with E-state index in [1.54, 1.807) is 18.2 Å². The Morgan fingerprint density at radius 3 is 2.55 bits per heavy atom. The van der Waals surface area contributed by atoms with Crippen LogP contribution in [0.4, 0.5) is 11.6 Å². The largest absolute Gasteiger partial charge is 0.419 e. The van der Waals surface area contributed by atoms with Gasteiger partial charge in [-0.05, 0) is 37.6 Å². The minimum Gasteiger partial charge on any atom is -0.419 e. The van der Waals surface area contributed by atoms with Crippen molar-refractivity contribution in [1.82, 2.24) is 9.88 Å². The molecule has 0 aliphatic carbocycles. The van der Waals surface area contributed by atoms with Gasteiger partial charge in [-0.15, -0.1) is 0 Å². The lowest BCUT2D eigenvalue weighted by Gasteiger charge is -2.35. The molecule has 1 aliphatic heterocycles. The molecule has 1 saturated heterocycles. The maximum absolute atomic E-state index is 11.4. The number of rotatable bonds is 7. The van der Waals surface area contributed by atoms with Crippen LogP contribution in [0.2, 0.25) is 0 Å². The number of oxazole rings is 1. The van der Waals surface area contributed by atoms with Crippen molar-refractivity contribution in [1.29, 1.82) is 5.26 Å². The van der Waals surface area contributed by atoms with Gasteiger partial charge < -0.3 is 9.73 Å². The fraction of sp³-hybridized carbons (Fsp3) is 0.304. The molecule has 31 heavy (non-hydrogen) atoms. The molecular weight excluding hydrogens is 394 g/mol. The third-order valence-electron chi connectivity index (χ3n) is 5.54. The van der Waals surface area contributed by atoms with E-state index in [0.717, 1.165) is 25.9 Å². The molecule has 8 heteroatoms. The maximum atomic E-state index is 11.4. The summed E-state index contributed by atoms with van der Waals surface area (Å²) in [4.78, 5) is 17.5. The summed E-state index contributed by atoms with van der Waals surface area (Å²) >= 11 is 0. The highest BCUT2D eigenvalue weighted by Crippen LogP contribution is 2.33. The number of nitro benzene ring substituents is 1. The van der Waals surface area contributed by atoms with E-state index in [2.05, 4.69) is 27.3 Å². The van der Waals surface area contributed by atoms with Crippen molar-refractivity contribution >= 4 is 11.6 Å². The lowest BCUT2D eigenvalue weighted by atomic mass is 10.0. The zero-order valence-electron chi connectivity index (χ0n) is 17.0. The number of hydrogen-bond donors (Lipinski definition) is 1. The normalized spacial score (nSPS) is 15.2. The van der Waals surface area contributed by atoms with E-state index < -0.39 is 4.92 Å². The quantitative estimate of drug-likeness (QED) is 0.436. The highest BCUT2D eigenvalue weighted by Gasteiger charge is 2.25. The first-order valence-corrected chi connectivity index (χ1v) is 10.3. The van der Waals surface area contributed by atoms with Crippen LogP contribution in [0.5, 0.6) is 0 Å². The minimum absolute atomic E-state index is 0.0561. The number of hydrogen-bond acceptors (Lipinski definition) is 7. The lowest BCUT2D eigenvalue weighted by molar-refractivity contribution is -0.384. The topological polar surface area (TPSA) is 108 Å². The van der Waals surface area contributed by atoms with Gasteiger partial charge in [-0.2, -0.15) is 10.2 Å². The standard InChI is InChI=1S/C23H23N5O3/c24-15-19-23(31-22(26-19)18-11-5-6-12-20(18)28(29)30)25-16-21(17-9-3-1-4-10-17)27-13-7-2-8-14-27/h1,3-6,9-12,21,25H,2,7-8,13-14,16H2. The van der Waals surface area contributed by atoms with E-state index in [9.17, 15) is 15.4 Å². The van der Waals surface area contributed by atoms with Crippen LogP contribution >= 0.6 is 0 Å². The van der Waals surface area contributed by atoms with Gasteiger partial charge in [0.05, 0.1) is 11.0 Å². The van der Waals surface area contributed by atoms with Gasteiger partial charge in [-0.3, -0.25) is 15.0 Å². The first-order chi connectivity index (χ1) is 15.2. The molecule has 0 radical (unpaired) electrons. The molecule has 1 N–H and O–H groups in total. The number of likely N-dealkylation sites (tertiary alicyclic amines) is 1. The monoisotopic (exact) mass is 417 g/mol. The van der Waals surface area contributed by atoms with E-state index >= 15 is 0 Å². The summed E-state index contributed by atoms with van der Waals surface area (Å²) in [5.41, 5.74) is 1.40. The highest BCUT2D eigenvalue weighted by atomic mass is 16.6.